The van der Waals surface area contributed by atoms with Gasteiger partial charge in [-0.05, 0) is 18.6 Å². The van der Waals surface area contributed by atoms with Crippen LogP contribution in [0.3, 0.4) is 0 Å². The zero-order valence-electron chi connectivity index (χ0n) is 9.15. The summed E-state index contributed by atoms with van der Waals surface area (Å²) in [5, 5.41) is 0. The number of nitrogens with zero attached hydrogens (tertiary/aromatic N) is 2. The summed E-state index contributed by atoms with van der Waals surface area (Å²) in [6, 6.07) is 10.2. The van der Waals surface area contributed by atoms with Crippen molar-refractivity contribution < 1.29 is 0 Å². The lowest BCUT2D eigenvalue weighted by Crippen LogP contribution is -1.98. The fourth-order valence-electron chi connectivity index (χ4n) is 1.49. The summed E-state index contributed by atoms with van der Waals surface area (Å²) < 4.78 is 0. The normalized spacial score (nSPS) is 10.4. The molecular weight excluding hydrogens is 220 g/mol. The molecule has 0 saturated heterocycles. The Labute approximate surface area is 100 Å². The lowest BCUT2D eigenvalue weighted by Gasteiger charge is -2.02. The molecule has 1 aromatic heterocycles. The number of alkyl halides is 1. The van der Waals surface area contributed by atoms with Crippen LogP contribution >= 0.6 is 11.6 Å². The van der Waals surface area contributed by atoms with E-state index in [9.17, 15) is 0 Å². The minimum Gasteiger partial charge on any atom is -0.241 e. The Bertz CT molecular complexity index is 466. The van der Waals surface area contributed by atoms with E-state index >= 15 is 0 Å². The maximum atomic E-state index is 5.73. The third-order valence-corrected chi connectivity index (χ3v) is 2.66. The van der Waals surface area contributed by atoms with Crippen molar-refractivity contribution in [3.63, 3.8) is 0 Å². The summed E-state index contributed by atoms with van der Waals surface area (Å²) in [5.74, 6) is 1.26. The molecule has 2 nitrogen and oxygen atoms in total. The van der Waals surface area contributed by atoms with Crippen molar-refractivity contribution in [1.29, 1.82) is 0 Å². The zero-order valence-corrected chi connectivity index (χ0v) is 9.91. The summed E-state index contributed by atoms with van der Waals surface area (Å²) in [6.45, 7) is 2.08. The van der Waals surface area contributed by atoms with Gasteiger partial charge in [0.15, 0.2) is 0 Å². The first kappa shape index (κ1) is 11.1. The van der Waals surface area contributed by atoms with Crippen LogP contribution in [0.2, 0.25) is 0 Å². The summed E-state index contributed by atoms with van der Waals surface area (Å²) >= 11 is 5.73. The molecule has 2 aromatic rings. The summed E-state index contributed by atoms with van der Waals surface area (Å²) in [5.41, 5.74) is 3.36. The van der Waals surface area contributed by atoms with Gasteiger partial charge >= 0.3 is 0 Å². The third kappa shape index (κ3) is 2.80. The smallest absolute Gasteiger partial charge is 0.132 e. The lowest BCUT2D eigenvalue weighted by molar-refractivity contribution is 0.935. The molecule has 1 heterocycles. The maximum Gasteiger partial charge on any atom is 0.132 e. The van der Waals surface area contributed by atoms with Gasteiger partial charge in [-0.3, -0.25) is 0 Å². The highest BCUT2D eigenvalue weighted by molar-refractivity contribution is 6.16. The van der Waals surface area contributed by atoms with Gasteiger partial charge in [0.1, 0.15) is 5.82 Å². The van der Waals surface area contributed by atoms with Gasteiger partial charge in [0.2, 0.25) is 0 Å². The van der Waals surface area contributed by atoms with Gasteiger partial charge in [-0.25, -0.2) is 9.97 Å². The minimum absolute atomic E-state index is 0.434. The predicted octanol–water partition coefficient (Wildman–Crippen LogP) is 3.11. The number of aromatic nitrogens is 2. The number of halogens is 1. The standard InChI is InChI=1S/C13H13ClN2/c1-10-2-4-11(5-3-10)8-13-15-7-6-12(9-14)16-13/h2-7H,8-9H2,1H3. The van der Waals surface area contributed by atoms with Gasteiger partial charge in [0.05, 0.1) is 11.6 Å². The zero-order chi connectivity index (χ0) is 11.4. The van der Waals surface area contributed by atoms with Crippen LogP contribution in [-0.2, 0) is 12.3 Å². The van der Waals surface area contributed by atoms with E-state index in [1.54, 1.807) is 6.20 Å². The first-order chi connectivity index (χ1) is 7.78. The molecule has 82 valence electrons. The van der Waals surface area contributed by atoms with Crippen LogP contribution in [0, 0.1) is 6.92 Å². The monoisotopic (exact) mass is 232 g/mol. The van der Waals surface area contributed by atoms with Gasteiger partial charge < -0.3 is 0 Å². The largest absolute Gasteiger partial charge is 0.241 e. The molecule has 0 aliphatic rings. The number of benzene rings is 1. The summed E-state index contributed by atoms with van der Waals surface area (Å²) in [6.07, 6.45) is 2.51. The van der Waals surface area contributed by atoms with Crippen LogP contribution < -0.4 is 0 Å². The molecule has 0 fully saturated rings. The molecule has 3 heteroatoms. The van der Waals surface area contributed by atoms with E-state index in [0.717, 1.165) is 17.9 Å². The van der Waals surface area contributed by atoms with Gasteiger partial charge in [-0.1, -0.05) is 29.8 Å². The van der Waals surface area contributed by atoms with Crippen molar-refractivity contribution in [1.82, 2.24) is 9.97 Å². The first-order valence-corrected chi connectivity index (χ1v) is 5.73. The van der Waals surface area contributed by atoms with E-state index in [1.807, 2.05) is 6.07 Å². The molecule has 0 radical (unpaired) electrons. The van der Waals surface area contributed by atoms with Crippen molar-refractivity contribution in [3.8, 4) is 0 Å². The summed E-state index contributed by atoms with van der Waals surface area (Å²) in [7, 11) is 0. The molecule has 16 heavy (non-hydrogen) atoms. The molecule has 0 spiro atoms. The van der Waals surface area contributed by atoms with Gasteiger partial charge in [-0.2, -0.15) is 0 Å². The molecule has 2 rings (SSSR count). The first-order valence-electron chi connectivity index (χ1n) is 5.20. The number of hydrogen-bond donors (Lipinski definition) is 0. The van der Waals surface area contributed by atoms with Gasteiger partial charge in [0, 0.05) is 12.6 Å². The highest BCUT2D eigenvalue weighted by Gasteiger charge is 2.00. The van der Waals surface area contributed by atoms with Crippen LogP contribution in [0.5, 0.6) is 0 Å². The molecule has 0 unspecified atom stereocenters. The van der Waals surface area contributed by atoms with Gasteiger partial charge in [-0.15, -0.1) is 11.6 Å². The second-order valence-corrected chi connectivity index (χ2v) is 4.03. The van der Waals surface area contributed by atoms with E-state index < -0.39 is 0 Å². The number of aryl methyl sites for hydroxylation is 1. The molecule has 0 N–H and O–H groups in total. The average molecular weight is 233 g/mol. The Kier molecular flexibility index (Phi) is 3.52. The predicted molar refractivity (Wildman–Crippen MR) is 65.6 cm³/mol. The van der Waals surface area contributed by atoms with Gasteiger partial charge in [0.25, 0.3) is 0 Å². The van der Waals surface area contributed by atoms with E-state index in [0.29, 0.717) is 5.88 Å². The molecule has 0 amide bonds. The molecule has 1 aromatic carbocycles. The Morgan fingerprint density at radius 1 is 1.12 bits per heavy atom. The van der Waals surface area contributed by atoms with Crippen LogP contribution in [-0.4, -0.2) is 9.97 Å². The fraction of sp³-hybridized carbons (Fsp3) is 0.231. The quantitative estimate of drug-likeness (QED) is 0.760. The molecular formula is C13H13ClN2. The van der Waals surface area contributed by atoms with Crippen LogP contribution in [0.4, 0.5) is 0 Å². The van der Waals surface area contributed by atoms with E-state index in [4.69, 9.17) is 11.6 Å². The van der Waals surface area contributed by atoms with Crippen LogP contribution in [0.15, 0.2) is 36.5 Å². The average Bonchev–Trinajstić information content (AvgIpc) is 2.32. The van der Waals surface area contributed by atoms with Crippen molar-refractivity contribution in [2.45, 2.75) is 19.2 Å². The molecule has 0 atom stereocenters. The highest BCUT2D eigenvalue weighted by atomic mass is 35.5. The minimum atomic E-state index is 0.434. The number of rotatable bonds is 3. The topological polar surface area (TPSA) is 25.8 Å². The molecule has 0 aliphatic heterocycles. The lowest BCUT2D eigenvalue weighted by atomic mass is 10.1. The highest BCUT2D eigenvalue weighted by Crippen LogP contribution is 2.08. The van der Waals surface area contributed by atoms with Crippen molar-refractivity contribution in [2.24, 2.45) is 0 Å². The third-order valence-electron chi connectivity index (χ3n) is 2.38. The van der Waals surface area contributed by atoms with Crippen LogP contribution in [0.1, 0.15) is 22.6 Å². The number of hydrogen-bond acceptors (Lipinski definition) is 2. The van der Waals surface area contributed by atoms with E-state index in [1.165, 1.54) is 11.1 Å². The second-order valence-electron chi connectivity index (χ2n) is 3.76. The van der Waals surface area contributed by atoms with Crippen LogP contribution in [0.25, 0.3) is 0 Å². The fourth-order valence-corrected chi connectivity index (χ4v) is 1.64. The van der Waals surface area contributed by atoms with Crippen molar-refractivity contribution >= 4 is 11.6 Å². The maximum absolute atomic E-state index is 5.73. The van der Waals surface area contributed by atoms with E-state index in [-0.39, 0.29) is 0 Å². The Morgan fingerprint density at radius 3 is 2.56 bits per heavy atom. The SMILES string of the molecule is Cc1ccc(Cc2nccc(CCl)n2)cc1. The Balaban J connectivity index is 2.16. The second kappa shape index (κ2) is 5.08. The van der Waals surface area contributed by atoms with Crippen molar-refractivity contribution in [2.75, 3.05) is 0 Å². The molecule has 0 aliphatic carbocycles. The molecule has 0 bridgehead atoms. The summed E-state index contributed by atoms with van der Waals surface area (Å²) in [4.78, 5) is 8.60. The van der Waals surface area contributed by atoms with Crippen molar-refractivity contribution in [3.05, 3.63) is 59.2 Å². The Hall–Kier alpha value is -1.41. The molecule has 0 saturated carbocycles. The Morgan fingerprint density at radius 2 is 1.88 bits per heavy atom. The van der Waals surface area contributed by atoms with E-state index in [2.05, 4.69) is 41.2 Å².